The van der Waals surface area contributed by atoms with Crippen LogP contribution < -0.4 is 5.32 Å². The van der Waals surface area contributed by atoms with Crippen molar-refractivity contribution in [2.45, 2.75) is 12.8 Å². The first-order valence-corrected chi connectivity index (χ1v) is 6.48. The van der Waals surface area contributed by atoms with Crippen molar-refractivity contribution in [3.05, 3.63) is 35.2 Å². The average Bonchev–Trinajstić information content (AvgIpc) is 3.01. The standard InChI is InChI=1S/C13H14ClN3O/c14-11-3-1-2-10(7-11)13-16-12(18-17-13)6-9-4-5-15-8-9/h1-3,7,9,15H,4-6,8H2. The third-order valence-electron chi connectivity index (χ3n) is 3.18. The predicted molar refractivity (Wildman–Crippen MR) is 69.4 cm³/mol. The molecule has 1 saturated heterocycles. The number of hydrogen-bond donors (Lipinski definition) is 1. The van der Waals surface area contributed by atoms with E-state index in [1.165, 1.54) is 6.42 Å². The van der Waals surface area contributed by atoms with Crippen molar-refractivity contribution in [1.29, 1.82) is 0 Å². The first-order valence-electron chi connectivity index (χ1n) is 6.10. The molecule has 18 heavy (non-hydrogen) atoms. The number of nitrogens with zero attached hydrogens (tertiary/aromatic N) is 2. The van der Waals surface area contributed by atoms with Gasteiger partial charge in [0, 0.05) is 17.0 Å². The lowest BCUT2D eigenvalue weighted by Gasteiger charge is -2.01. The molecule has 0 amide bonds. The maximum Gasteiger partial charge on any atom is 0.227 e. The lowest BCUT2D eigenvalue weighted by Crippen LogP contribution is -2.10. The smallest absolute Gasteiger partial charge is 0.227 e. The zero-order valence-corrected chi connectivity index (χ0v) is 10.7. The largest absolute Gasteiger partial charge is 0.339 e. The number of aromatic nitrogens is 2. The second-order valence-corrected chi connectivity index (χ2v) is 5.02. The van der Waals surface area contributed by atoms with Crippen molar-refractivity contribution in [2.75, 3.05) is 13.1 Å². The second kappa shape index (κ2) is 5.08. The Kier molecular flexibility index (Phi) is 3.30. The third kappa shape index (κ3) is 2.54. The van der Waals surface area contributed by atoms with Crippen LogP contribution in [0.1, 0.15) is 12.3 Å². The topological polar surface area (TPSA) is 51.0 Å². The van der Waals surface area contributed by atoms with Crippen molar-refractivity contribution in [3.8, 4) is 11.4 Å². The van der Waals surface area contributed by atoms with Gasteiger partial charge in [0.15, 0.2) is 0 Å². The van der Waals surface area contributed by atoms with E-state index in [1.54, 1.807) is 0 Å². The Morgan fingerprint density at radius 3 is 3.17 bits per heavy atom. The fraction of sp³-hybridized carbons (Fsp3) is 0.385. The fourth-order valence-corrected chi connectivity index (χ4v) is 2.41. The van der Waals surface area contributed by atoms with Gasteiger partial charge in [0.05, 0.1) is 0 Å². The zero-order chi connectivity index (χ0) is 12.4. The van der Waals surface area contributed by atoms with Crippen LogP contribution in [0, 0.1) is 5.92 Å². The van der Waals surface area contributed by atoms with Crippen LogP contribution in [0.15, 0.2) is 28.8 Å². The van der Waals surface area contributed by atoms with Crippen molar-refractivity contribution in [1.82, 2.24) is 15.5 Å². The van der Waals surface area contributed by atoms with Gasteiger partial charge in [-0.05, 0) is 37.6 Å². The lowest BCUT2D eigenvalue weighted by atomic mass is 10.1. The summed E-state index contributed by atoms with van der Waals surface area (Å²) in [4.78, 5) is 4.42. The first kappa shape index (κ1) is 11.7. The van der Waals surface area contributed by atoms with Gasteiger partial charge in [-0.3, -0.25) is 0 Å². The number of rotatable bonds is 3. The Balaban J connectivity index is 1.76. The van der Waals surface area contributed by atoms with Gasteiger partial charge in [0.1, 0.15) is 0 Å². The molecule has 94 valence electrons. The SMILES string of the molecule is Clc1cccc(-c2noc(CC3CCNC3)n2)c1. The van der Waals surface area contributed by atoms with Crippen molar-refractivity contribution in [2.24, 2.45) is 5.92 Å². The van der Waals surface area contributed by atoms with Gasteiger partial charge in [0.25, 0.3) is 0 Å². The minimum atomic E-state index is 0.609. The zero-order valence-electron chi connectivity index (χ0n) is 9.90. The number of hydrogen-bond acceptors (Lipinski definition) is 4. The summed E-state index contributed by atoms with van der Waals surface area (Å²) >= 11 is 5.94. The van der Waals surface area contributed by atoms with E-state index in [-0.39, 0.29) is 0 Å². The molecule has 0 saturated carbocycles. The van der Waals surface area contributed by atoms with Crippen molar-refractivity contribution < 1.29 is 4.52 Å². The Morgan fingerprint density at radius 1 is 1.44 bits per heavy atom. The maximum atomic E-state index is 5.94. The first-order chi connectivity index (χ1) is 8.81. The van der Waals surface area contributed by atoms with Crippen molar-refractivity contribution in [3.63, 3.8) is 0 Å². The van der Waals surface area contributed by atoms with Crippen LogP contribution in [0.25, 0.3) is 11.4 Å². The molecular formula is C13H14ClN3O. The molecule has 0 bridgehead atoms. The Bertz CT molecular complexity index is 535. The van der Waals surface area contributed by atoms with Crippen LogP contribution in [-0.4, -0.2) is 23.2 Å². The average molecular weight is 264 g/mol. The van der Waals surface area contributed by atoms with E-state index in [2.05, 4.69) is 15.5 Å². The number of halogens is 1. The van der Waals surface area contributed by atoms with Gasteiger partial charge >= 0.3 is 0 Å². The van der Waals surface area contributed by atoms with E-state index in [0.29, 0.717) is 22.7 Å². The highest BCUT2D eigenvalue weighted by molar-refractivity contribution is 6.30. The van der Waals surface area contributed by atoms with E-state index < -0.39 is 0 Å². The van der Waals surface area contributed by atoms with Crippen LogP contribution in [0.2, 0.25) is 5.02 Å². The molecule has 0 spiro atoms. The van der Waals surface area contributed by atoms with Crippen molar-refractivity contribution >= 4 is 11.6 Å². The number of nitrogens with one attached hydrogen (secondary N) is 1. The Labute approximate surface area is 110 Å². The van der Waals surface area contributed by atoms with E-state index in [4.69, 9.17) is 16.1 Å². The summed E-state index contributed by atoms with van der Waals surface area (Å²) in [5.41, 5.74) is 0.891. The predicted octanol–water partition coefficient (Wildman–Crippen LogP) is 2.54. The molecule has 0 aliphatic carbocycles. The minimum Gasteiger partial charge on any atom is -0.339 e. The van der Waals surface area contributed by atoms with Gasteiger partial charge in [-0.1, -0.05) is 28.9 Å². The molecule has 1 aromatic carbocycles. The summed E-state index contributed by atoms with van der Waals surface area (Å²) in [6.07, 6.45) is 2.02. The fourth-order valence-electron chi connectivity index (χ4n) is 2.22. The van der Waals surface area contributed by atoms with E-state index in [1.807, 2.05) is 24.3 Å². The van der Waals surface area contributed by atoms with Gasteiger partial charge < -0.3 is 9.84 Å². The summed E-state index contributed by atoms with van der Waals surface area (Å²) < 4.78 is 5.29. The van der Waals surface area contributed by atoms with Gasteiger partial charge in [-0.15, -0.1) is 0 Å². The van der Waals surface area contributed by atoms with Gasteiger partial charge in [-0.2, -0.15) is 4.98 Å². The highest BCUT2D eigenvalue weighted by Gasteiger charge is 2.18. The summed E-state index contributed by atoms with van der Waals surface area (Å²) in [7, 11) is 0. The van der Waals surface area contributed by atoms with Crippen LogP contribution in [0.5, 0.6) is 0 Å². The minimum absolute atomic E-state index is 0.609. The molecule has 1 atom stereocenters. The summed E-state index contributed by atoms with van der Waals surface area (Å²) in [6, 6.07) is 7.48. The molecule has 5 heteroatoms. The third-order valence-corrected chi connectivity index (χ3v) is 3.41. The molecule has 0 radical (unpaired) electrons. The number of benzene rings is 1. The van der Waals surface area contributed by atoms with E-state index >= 15 is 0 Å². The highest BCUT2D eigenvalue weighted by atomic mass is 35.5. The Morgan fingerprint density at radius 2 is 2.39 bits per heavy atom. The molecule has 1 unspecified atom stereocenters. The van der Waals surface area contributed by atoms with Gasteiger partial charge in [0.2, 0.25) is 11.7 Å². The van der Waals surface area contributed by atoms with E-state index in [0.717, 1.165) is 25.1 Å². The molecule has 2 heterocycles. The summed E-state index contributed by atoms with van der Waals surface area (Å²) in [5.74, 6) is 1.93. The molecule has 3 rings (SSSR count). The highest BCUT2D eigenvalue weighted by Crippen LogP contribution is 2.21. The molecule has 4 nitrogen and oxygen atoms in total. The molecule has 1 aliphatic rings. The second-order valence-electron chi connectivity index (χ2n) is 4.59. The van der Waals surface area contributed by atoms with Gasteiger partial charge in [-0.25, -0.2) is 0 Å². The van der Waals surface area contributed by atoms with Crippen LogP contribution in [0.4, 0.5) is 0 Å². The monoisotopic (exact) mass is 263 g/mol. The molecule has 1 aliphatic heterocycles. The molecule has 2 aromatic rings. The normalized spacial score (nSPS) is 19.3. The lowest BCUT2D eigenvalue weighted by molar-refractivity contribution is 0.358. The van der Waals surface area contributed by atoms with E-state index in [9.17, 15) is 0 Å². The molecule has 1 N–H and O–H groups in total. The molecular weight excluding hydrogens is 250 g/mol. The quantitative estimate of drug-likeness (QED) is 0.925. The molecule has 1 fully saturated rings. The van der Waals surface area contributed by atoms with Crippen LogP contribution in [-0.2, 0) is 6.42 Å². The molecule has 1 aromatic heterocycles. The Hall–Kier alpha value is -1.39. The van der Waals surface area contributed by atoms with Crippen LogP contribution >= 0.6 is 11.6 Å². The van der Waals surface area contributed by atoms with Crippen LogP contribution in [0.3, 0.4) is 0 Å². The summed E-state index contributed by atoms with van der Waals surface area (Å²) in [5, 5.41) is 8.02. The summed E-state index contributed by atoms with van der Waals surface area (Å²) in [6.45, 7) is 2.12. The maximum absolute atomic E-state index is 5.94.